The minimum Gasteiger partial charge on any atom is -0.394 e. The highest BCUT2D eigenvalue weighted by Crippen LogP contribution is 2.23. The average molecular weight is 862 g/mol. The third-order valence-corrected chi connectivity index (χ3v) is 12.0. The van der Waals surface area contributed by atoms with Crippen LogP contribution in [0, 0.1) is 0 Å². The lowest BCUT2D eigenvalue weighted by Crippen LogP contribution is -2.60. The number of ether oxygens (including phenoxy) is 4. The van der Waals surface area contributed by atoms with E-state index < -0.39 is 55.6 Å². The molecule has 1 rings (SSSR count). The summed E-state index contributed by atoms with van der Waals surface area (Å²) in [4.78, 5) is 13.0. The van der Waals surface area contributed by atoms with Crippen molar-refractivity contribution in [3.8, 4) is 0 Å². The minimum atomic E-state index is -1.61. The Labute approximate surface area is 366 Å². The highest BCUT2D eigenvalue weighted by atomic mass is 16.7. The Balaban J connectivity index is 2.26. The molecule has 0 unspecified atom stereocenters. The zero-order chi connectivity index (χ0) is 43.9. The van der Waals surface area contributed by atoms with Gasteiger partial charge in [-0.3, -0.25) is 4.79 Å². The molecule has 0 aromatic carbocycles. The molecular formula is C48H95NO11. The second kappa shape index (κ2) is 40.8. The maximum absolute atomic E-state index is 13.0. The quantitative estimate of drug-likeness (QED) is 0.0293. The molecule has 12 heteroatoms. The van der Waals surface area contributed by atoms with Crippen LogP contribution in [-0.4, -0.2) is 125 Å². The monoisotopic (exact) mass is 862 g/mol. The molecule has 12 nitrogen and oxygen atoms in total. The van der Waals surface area contributed by atoms with Crippen LogP contribution in [0.5, 0.6) is 0 Å². The summed E-state index contributed by atoms with van der Waals surface area (Å²) in [6.07, 6.45) is 25.1. The summed E-state index contributed by atoms with van der Waals surface area (Å²) in [6.45, 7) is 6.84. The van der Waals surface area contributed by atoms with Gasteiger partial charge in [-0.05, 0) is 39.0 Å². The molecule has 0 spiro atoms. The topological polar surface area (TPSA) is 187 Å². The molecule has 0 radical (unpaired) electrons. The first-order valence-electron chi connectivity index (χ1n) is 25.0. The van der Waals surface area contributed by atoms with Crippen LogP contribution in [0.1, 0.15) is 213 Å². The summed E-state index contributed by atoms with van der Waals surface area (Å²) in [6, 6.07) is -0.996. The van der Waals surface area contributed by atoms with Crippen molar-refractivity contribution in [3.63, 3.8) is 0 Å². The smallest absolute Gasteiger partial charge is 0.220 e. The number of hydrogen-bond acceptors (Lipinski definition) is 11. The number of hydrogen-bond donors (Lipinski definition) is 7. The predicted octanol–water partition coefficient (Wildman–Crippen LogP) is 8.18. The number of rotatable bonds is 44. The van der Waals surface area contributed by atoms with E-state index >= 15 is 0 Å². The van der Waals surface area contributed by atoms with E-state index in [0.717, 1.165) is 84.2 Å². The SMILES string of the molecule is CCCCCCCCCCCCCC[C@@H](O)[C@@H](O)[C@H](CO[C@H]1O[C@H](CO)[C@H](O)[C@H](O)[C@H]1O)NC(=O)CCCCCCCCCCCOCCCCCCCCCCOCC. The first kappa shape index (κ1) is 57.1. The Morgan fingerprint density at radius 3 is 1.47 bits per heavy atom. The van der Waals surface area contributed by atoms with Crippen molar-refractivity contribution in [2.75, 3.05) is 39.6 Å². The largest absolute Gasteiger partial charge is 0.394 e. The molecule has 0 bridgehead atoms. The van der Waals surface area contributed by atoms with E-state index in [0.29, 0.717) is 12.8 Å². The molecule has 7 N–H and O–H groups in total. The molecule has 0 saturated carbocycles. The number of unbranched alkanes of at least 4 members (excludes halogenated alkanes) is 26. The van der Waals surface area contributed by atoms with Gasteiger partial charge in [0, 0.05) is 32.8 Å². The van der Waals surface area contributed by atoms with Gasteiger partial charge in [0.25, 0.3) is 0 Å². The lowest BCUT2D eigenvalue weighted by molar-refractivity contribution is -0.303. The first-order chi connectivity index (χ1) is 29.3. The molecule has 0 aromatic rings. The van der Waals surface area contributed by atoms with Gasteiger partial charge in [0.1, 0.15) is 30.5 Å². The van der Waals surface area contributed by atoms with Gasteiger partial charge in [-0.25, -0.2) is 0 Å². The zero-order valence-electron chi connectivity index (χ0n) is 38.5. The Kier molecular flexibility index (Phi) is 38.8. The summed E-state index contributed by atoms with van der Waals surface area (Å²) < 4.78 is 22.4. The van der Waals surface area contributed by atoms with Crippen LogP contribution in [-0.2, 0) is 23.7 Å². The average Bonchev–Trinajstić information content (AvgIpc) is 3.25. The molecule has 8 atom stereocenters. The van der Waals surface area contributed by atoms with Crippen LogP contribution in [0.2, 0.25) is 0 Å². The maximum atomic E-state index is 13.0. The van der Waals surface area contributed by atoms with Crippen molar-refractivity contribution in [1.82, 2.24) is 5.32 Å². The Hall–Kier alpha value is -0.930. The maximum Gasteiger partial charge on any atom is 0.220 e. The van der Waals surface area contributed by atoms with E-state index in [-0.39, 0.29) is 18.9 Å². The summed E-state index contributed by atoms with van der Waals surface area (Å²) in [7, 11) is 0. The van der Waals surface area contributed by atoms with E-state index in [4.69, 9.17) is 18.9 Å². The number of amides is 1. The molecule has 1 saturated heterocycles. The Morgan fingerprint density at radius 2 is 1.00 bits per heavy atom. The van der Waals surface area contributed by atoms with E-state index in [1.165, 1.54) is 122 Å². The summed E-state index contributed by atoms with van der Waals surface area (Å²) in [5.41, 5.74) is 0. The molecule has 1 amide bonds. The van der Waals surface area contributed by atoms with Gasteiger partial charge in [-0.2, -0.15) is 0 Å². The molecule has 1 aliphatic heterocycles. The van der Waals surface area contributed by atoms with Gasteiger partial charge in [0.2, 0.25) is 5.91 Å². The summed E-state index contributed by atoms with van der Waals surface area (Å²) in [5, 5.41) is 65.2. The van der Waals surface area contributed by atoms with E-state index in [2.05, 4.69) is 12.2 Å². The van der Waals surface area contributed by atoms with E-state index in [1.54, 1.807) is 0 Å². The number of carbonyl (C=O) groups excluding carboxylic acids is 1. The predicted molar refractivity (Wildman–Crippen MR) is 240 cm³/mol. The fourth-order valence-electron chi connectivity index (χ4n) is 7.98. The van der Waals surface area contributed by atoms with Crippen molar-refractivity contribution in [1.29, 1.82) is 0 Å². The van der Waals surface area contributed by atoms with Gasteiger partial charge in [-0.15, -0.1) is 0 Å². The fourth-order valence-corrected chi connectivity index (χ4v) is 7.98. The third-order valence-electron chi connectivity index (χ3n) is 12.0. The Morgan fingerprint density at radius 1 is 0.567 bits per heavy atom. The standard InChI is InChI=1S/C48H95NO11/c1-3-5-6-7-8-9-10-11-13-18-23-28-33-41(51)44(53)40(39-59-48-47(56)46(55)45(54)42(38-50)60-48)49-43(52)34-29-24-19-14-12-15-21-26-31-36-58-37-32-27-22-17-16-20-25-30-35-57-4-2/h40-42,44-48,50-51,53-56H,3-39H2,1-2H3,(H,49,52)/t40-,41+,42+,44-,45-,46-,47+,48-/m0/s1. The van der Waals surface area contributed by atoms with Crippen LogP contribution in [0.25, 0.3) is 0 Å². The number of nitrogens with one attached hydrogen (secondary N) is 1. The minimum absolute atomic E-state index is 0.268. The van der Waals surface area contributed by atoms with Gasteiger partial charge >= 0.3 is 0 Å². The Bertz CT molecular complexity index is 931. The van der Waals surface area contributed by atoms with Crippen molar-refractivity contribution < 1.29 is 54.4 Å². The second-order valence-electron chi connectivity index (χ2n) is 17.5. The van der Waals surface area contributed by atoms with E-state index in [9.17, 15) is 35.4 Å². The van der Waals surface area contributed by atoms with Crippen LogP contribution in [0.3, 0.4) is 0 Å². The molecular weight excluding hydrogens is 767 g/mol. The molecule has 60 heavy (non-hydrogen) atoms. The van der Waals surface area contributed by atoms with Crippen molar-refractivity contribution in [3.05, 3.63) is 0 Å². The summed E-state index contributed by atoms with van der Waals surface area (Å²) in [5.74, 6) is -0.268. The van der Waals surface area contributed by atoms with Crippen LogP contribution in [0.4, 0.5) is 0 Å². The summed E-state index contributed by atoms with van der Waals surface area (Å²) >= 11 is 0. The fraction of sp³-hybridized carbons (Fsp3) is 0.979. The molecule has 358 valence electrons. The first-order valence-corrected chi connectivity index (χ1v) is 25.0. The van der Waals surface area contributed by atoms with Crippen LogP contribution >= 0.6 is 0 Å². The van der Waals surface area contributed by atoms with Gasteiger partial charge < -0.3 is 54.9 Å². The highest BCUT2D eigenvalue weighted by Gasteiger charge is 2.44. The molecule has 0 aliphatic carbocycles. The lowest BCUT2D eigenvalue weighted by Gasteiger charge is -2.40. The second-order valence-corrected chi connectivity index (χ2v) is 17.5. The van der Waals surface area contributed by atoms with Crippen LogP contribution in [0.15, 0.2) is 0 Å². The molecule has 1 aliphatic rings. The molecule has 1 heterocycles. The third kappa shape index (κ3) is 30.2. The number of aliphatic hydroxyl groups is 6. The van der Waals surface area contributed by atoms with Gasteiger partial charge in [-0.1, -0.05) is 167 Å². The lowest BCUT2D eigenvalue weighted by atomic mass is 9.98. The van der Waals surface area contributed by atoms with E-state index in [1.807, 2.05) is 6.92 Å². The zero-order valence-corrected chi connectivity index (χ0v) is 38.5. The number of aliphatic hydroxyl groups excluding tert-OH is 6. The highest BCUT2D eigenvalue weighted by molar-refractivity contribution is 5.76. The molecule has 0 aromatic heterocycles. The van der Waals surface area contributed by atoms with Gasteiger partial charge in [0.15, 0.2) is 6.29 Å². The van der Waals surface area contributed by atoms with Crippen molar-refractivity contribution >= 4 is 5.91 Å². The number of carbonyl (C=O) groups is 1. The normalized spacial score (nSPS) is 21.0. The van der Waals surface area contributed by atoms with Crippen molar-refractivity contribution in [2.45, 2.75) is 262 Å². The van der Waals surface area contributed by atoms with Gasteiger partial charge in [0.05, 0.1) is 25.4 Å². The molecule has 1 fully saturated rings. The van der Waals surface area contributed by atoms with Crippen LogP contribution < -0.4 is 5.32 Å². The van der Waals surface area contributed by atoms with Crippen molar-refractivity contribution in [2.24, 2.45) is 0 Å².